The first kappa shape index (κ1) is 21.2. The minimum Gasteiger partial charge on any atom is -0.350 e. The van der Waals surface area contributed by atoms with Gasteiger partial charge in [-0.2, -0.15) is 0 Å². The number of aromatic nitrogens is 4. The first-order chi connectivity index (χ1) is 14.9. The highest BCUT2D eigenvalue weighted by Gasteiger charge is 2.32. The van der Waals surface area contributed by atoms with Gasteiger partial charge in [-0.1, -0.05) is 37.6 Å². The Hall–Kier alpha value is -3.02. The molecule has 1 aliphatic rings. The summed E-state index contributed by atoms with van der Waals surface area (Å²) in [5, 5.41) is 3.06. The van der Waals surface area contributed by atoms with Crippen molar-refractivity contribution in [2.45, 2.75) is 33.6 Å². The topological polar surface area (TPSA) is 72.7 Å². The van der Waals surface area contributed by atoms with E-state index < -0.39 is 0 Å². The van der Waals surface area contributed by atoms with Crippen LogP contribution in [0.2, 0.25) is 0 Å². The van der Waals surface area contributed by atoms with E-state index in [0.29, 0.717) is 35.9 Å². The van der Waals surface area contributed by atoms with E-state index in [9.17, 15) is 4.79 Å². The SMILES string of the molecule is CC1=CC(CNC(=O)c2cnccn2)C(C(C)C)CC1Cc1nc2ccccc2n1C. The van der Waals surface area contributed by atoms with Crippen molar-refractivity contribution in [1.29, 1.82) is 0 Å². The van der Waals surface area contributed by atoms with Gasteiger partial charge in [0.2, 0.25) is 0 Å². The maximum Gasteiger partial charge on any atom is 0.271 e. The number of aryl methyl sites for hydroxylation is 1. The van der Waals surface area contributed by atoms with E-state index in [2.05, 4.69) is 71.9 Å². The maximum absolute atomic E-state index is 12.4. The fourth-order valence-corrected chi connectivity index (χ4v) is 4.82. The minimum absolute atomic E-state index is 0.163. The minimum atomic E-state index is -0.163. The van der Waals surface area contributed by atoms with Gasteiger partial charge in [-0.25, -0.2) is 9.97 Å². The third-order valence-corrected chi connectivity index (χ3v) is 6.69. The van der Waals surface area contributed by atoms with E-state index >= 15 is 0 Å². The van der Waals surface area contributed by atoms with Crippen LogP contribution in [0.4, 0.5) is 0 Å². The molecule has 0 aliphatic heterocycles. The number of allylic oxidation sites excluding steroid dienone is 1. The summed E-state index contributed by atoms with van der Waals surface area (Å²) in [6.07, 6.45) is 9.04. The largest absolute Gasteiger partial charge is 0.350 e. The van der Waals surface area contributed by atoms with Crippen LogP contribution in [0.3, 0.4) is 0 Å². The van der Waals surface area contributed by atoms with Crippen LogP contribution < -0.4 is 5.32 Å². The zero-order chi connectivity index (χ0) is 22.0. The lowest BCUT2D eigenvalue weighted by atomic mass is 9.69. The van der Waals surface area contributed by atoms with Crippen molar-refractivity contribution in [3.63, 3.8) is 0 Å². The summed E-state index contributed by atoms with van der Waals surface area (Å²) in [5.41, 5.74) is 3.99. The van der Waals surface area contributed by atoms with Gasteiger partial charge in [0.1, 0.15) is 11.5 Å². The molecule has 2 heterocycles. The lowest BCUT2D eigenvalue weighted by Gasteiger charge is -2.37. The molecule has 0 bridgehead atoms. The maximum atomic E-state index is 12.4. The van der Waals surface area contributed by atoms with Gasteiger partial charge in [-0.05, 0) is 49.1 Å². The molecule has 1 aliphatic carbocycles. The number of hydrogen-bond acceptors (Lipinski definition) is 4. The number of carbonyl (C=O) groups is 1. The molecule has 3 atom stereocenters. The number of nitrogens with zero attached hydrogens (tertiary/aromatic N) is 4. The number of benzene rings is 1. The van der Waals surface area contributed by atoms with E-state index in [4.69, 9.17) is 4.98 Å². The van der Waals surface area contributed by atoms with E-state index in [1.807, 2.05) is 6.07 Å². The van der Waals surface area contributed by atoms with Gasteiger partial charge in [0.05, 0.1) is 17.2 Å². The van der Waals surface area contributed by atoms with Crippen LogP contribution in [0.5, 0.6) is 0 Å². The zero-order valence-electron chi connectivity index (χ0n) is 18.7. The molecule has 31 heavy (non-hydrogen) atoms. The average Bonchev–Trinajstić information content (AvgIpc) is 3.09. The molecule has 0 spiro atoms. The van der Waals surface area contributed by atoms with Gasteiger partial charge in [0.15, 0.2) is 0 Å². The van der Waals surface area contributed by atoms with Crippen molar-refractivity contribution in [2.75, 3.05) is 6.54 Å². The molecule has 0 saturated heterocycles. The fraction of sp³-hybridized carbons (Fsp3) is 0.440. The van der Waals surface area contributed by atoms with Gasteiger partial charge >= 0.3 is 0 Å². The molecule has 0 saturated carbocycles. The average molecular weight is 418 g/mol. The van der Waals surface area contributed by atoms with Gasteiger partial charge in [0.25, 0.3) is 5.91 Å². The van der Waals surface area contributed by atoms with Crippen molar-refractivity contribution in [3.8, 4) is 0 Å². The van der Waals surface area contributed by atoms with Crippen molar-refractivity contribution < 1.29 is 4.79 Å². The highest BCUT2D eigenvalue weighted by Crippen LogP contribution is 2.38. The van der Waals surface area contributed by atoms with Crippen molar-refractivity contribution in [3.05, 3.63) is 66.0 Å². The smallest absolute Gasteiger partial charge is 0.271 e. The number of imidazole rings is 1. The Kier molecular flexibility index (Phi) is 6.16. The van der Waals surface area contributed by atoms with E-state index in [-0.39, 0.29) is 5.91 Å². The molecule has 3 unspecified atom stereocenters. The standard InChI is InChI=1S/C25H31N5O/c1-16(2)20-12-18(13-24-29-21-7-5-6-8-23(21)30(24)4)17(3)11-19(20)14-28-25(31)22-15-26-9-10-27-22/h5-11,15-16,18-20H,12-14H2,1-4H3,(H,28,31). The quantitative estimate of drug-likeness (QED) is 0.611. The number of carbonyl (C=O) groups excluding carboxylic acids is 1. The monoisotopic (exact) mass is 417 g/mol. The van der Waals surface area contributed by atoms with Crippen LogP contribution >= 0.6 is 0 Å². The molecular formula is C25H31N5O. The summed E-state index contributed by atoms with van der Waals surface area (Å²) in [7, 11) is 2.11. The summed E-state index contributed by atoms with van der Waals surface area (Å²) >= 11 is 0. The van der Waals surface area contributed by atoms with Gasteiger partial charge in [-0.3, -0.25) is 9.78 Å². The summed E-state index contributed by atoms with van der Waals surface area (Å²) < 4.78 is 2.22. The Bertz CT molecular complexity index is 1090. The van der Waals surface area contributed by atoms with Gasteiger partial charge < -0.3 is 9.88 Å². The normalized spacial score (nSPS) is 21.3. The van der Waals surface area contributed by atoms with Crippen LogP contribution in [0.25, 0.3) is 11.0 Å². The Morgan fingerprint density at radius 2 is 2.06 bits per heavy atom. The Morgan fingerprint density at radius 3 is 2.77 bits per heavy atom. The molecule has 0 fully saturated rings. The van der Waals surface area contributed by atoms with Crippen LogP contribution in [0, 0.1) is 23.7 Å². The molecule has 6 heteroatoms. The predicted octanol–water partition coefficient (Wildman–Crippen LogP) is 4.19. The second-order valence-corrected chi connectivity index (χ2v) is 9.00. The number of rotatable bonds is 6. The molecule has 1 aromatic carbocycles. The van der Waals surface area contributed by atoms with Crippen LogP contribution in [-0.4, -0.2) is 32.0 Å². The highest BCUT2D eigenvalue weighted by atomic mass is 16.1. The number of para-hydroxylation sites is 2. The van der Waals surface area contributed by atoms with Crippen LogP contribution in [0.1, 0.15) is 43.5 Å². The third-order valence-electron chi connectivity index (χ3n) is 6.69. The molecule has 1 N–H and O–H groups in total. The molecule has 3 aromatic rings. The van der Waals surface area contributed by atoms with Crippen LogP contribution in [0.15, 0.2) is 54.5 Å². The Balaban J connectivity index is 1.49. The fourth-order valence-electron chi connectivity index (χ4n) is 4.82. The Morgan fingerprint density at radius 1 is 1.26 bits per heavy atom. The lowest BCUT2D eigenvalue weighted by molar-refractivity contribution is 0.0933. The van der Waals surface area contributed by atoms with Crippen molar-refractivity contribution in [2.24, 2.45) is 30.7 Å². The summed E-state index contributed by atoms with van der Waals surface area (Å²) in [6, 6.07) is 8.31. The Labute approximate surface area is 183 Å². The van der Waals surface area contributed by atoms with E-state index in [1.165, 1.54) is 17.3 Å². The van der Waals surface area contributed by atoms with Crippen molar-refractivity contribution >= 4 is 16.9 Å². The number of fused-ring (bicyclic) bond motifs is 1. The third kappa shape index (κ3) is 4.53. The number of hydrogen-bond donors (Lipinski definition) is 1. The highest BCUT2D eigenvalue weighted by molar-refractivity contribution is 5.91. The molecule has 2 aromatic heterocycles. The summed E-state index contributed by atoms with van der Waals surface area (Å²) in [6.45, 7) is 7.40. The molecule has 4 rings (SSSR count). The lowest BCUT2D eigenvalue weighted by Crippen LogP contribution is -2.37. The molecule has 162 valence electrons. The molecular weight excluding hydrogens is 386 g/mol. The van der Waals surface area contributed by atoms with Gasteiger partial charge in [0, 0.05) is 32.4 Å². The van der Waals surface area contributed by atoms with E-state index in [1.54, 1.807) is 12.4 Å². The predicted molar refractivity (Wildman–Crippen MR) is 122 cm³/mol. The van der Waals surface area contributed by atoms with Crippen molar-refractivity contribution in [1.82, 2.24) is 24.8 Å². The van der Waals surface area contributed by atoms with Crippen LogP contribution in [-0.2, 0) is 13.5 Å². The first-order valence-corrected chi connectivity index (χ1v) is 11.1. The van der Waals surface area contributed by atoms with Gasteiger partial charge in [-0.15, -0.1) is 0 Å². The number of amides is 1. The molecule has 0 radical (unpaired) electrons. The second-order valence-electron chi connectivity index (χ2n) is 9.00. The second kappa shape index (κ2) is 9.00. The number of nitrogens with one attached hydrogen (secondary N) is 1. The summed E-state index contributed by atoms with van der Waals surface area (Å²) in [4.78, 5) is 25.4. The molecule has 6 nitrogen and oxygen atoms in total. The summed E-state index contributed by atoms with van der Waals surface area (Å²) in [5.74, 6) is 2.79. The first-order valence-electron chi connectivity index (χ1n) is 11.1. The van der Waals surface area contributed by atoms with E-state index in [0.717, 1.165) is 24.2 Å². The zero-order valence-corrected chi connectivity index (χ0v) is 18.7. The molecule has 1 amide bonds.